The number of carbonyl (C=O) groups is 2. The second kappa shape index (κ2) is 7.72. The summed E-state index contributed by atoms with van der Waals surface area (Å²) in [7, 11) is 1.43. The number of rotatable bonds is 6. The predicted octanol–water partition coefficient (Wildman–Crippen LogP) is 4.53. The molecule has 0 spiro atoms. The molecule has 0 heterocycles. The maximum absolute atomic E-state index is 13.1. The van der Waals surface area contributed by atoms with Crippen LogP contribution < -0.4 is 0 Å². The normalized spacial score (nSPS) is 23.3. The zero-order valence-electron chi connectivity index (χ0n) is 15.8. The minimum absolute atomic E-state index is 0.167. The molecule has 3 rings (SSSR count). The maximum Gasteiger partial charge on any atom is 0.309 e. The molecule has 2 aliphatic rings. The first-order chi connectivity index (χ1) is 12.0. The lowest BCUT2D eigenvalue weighted by Gasteiger charge is -2.29. The van der Waals surface area contributed by atoms with Crippen LogP contribution in [0.3, 0.4) is 0 Å². The highest BCUT2D eigenvalue weighted by Crippen LogP contribution is 2.43. The van der Waals surface area contributed by atoms with E-state index in [9.17, 15) is 9.59 Å². The summed E-state index contributed by atoms with van der Waals surface area (Å²) in [6.45, 7) is 4.31. The quantitative estimate of drug-likeness (QED) is 0.714. The van der Waals surface area contributed by atoms with E-state index in [1.165, 1.54) is 42.2 Å². The molecule has 3 nitrogen and oxygen atoms in total. The number of hydrogen-bond donors (Lipinski definition) is 0. The van der Waals surface area contributed by atoms with E-state index in [-0.39, 0.29) is 23.6 Å². The van der Waals surface area contributed by atoms with Crippen LogP contribution in [0.2, 0.25) is 0 Å². The van der Waals surface area contributed by atoms with E-state index in [0.29, 0.717) is 12.3 Å². The Morgan fingerprint density at radius 3 is 2.36 bits per heavy atom. The first-order valence-corrected chi connectivity index (χ1v) is 9.78. The van der Waals surface area contributed by atoms with Crippen LogP contribution in [0.15, 0.2) is 12.1 Å². The van der Waals surface area contributed by atoms with E-state index >= 15 is 0 Å². The molecule has 0 amide bonds. The molecule has 136 valence electrons. The van der Waals surface area contributed by atoms with Gasteiger partial charge in [0.25, 0.3) is 0 Å². The standard InChI is InChI=1S/C22H30O3/c1-4-15-11-14(2)12-19(16-9-10-16)20(15)13-21(23)17-7-5-6-8-18(17)22(24)25-3/h11-12,16-18H,4-10,13H2,1-3H3/t17?,18-/m0/s1. The van der Waals surface area contributed by atoms with Gasteiger partial charge in [0, 0.05) is 12.3 Å². The fraction of sp³-hybridized carbons (Fsp3) is 0.636. The molecule has 1 unspecified atom stereocenters. The molecular weight excluding hydrogens is 312 g/mol. The summed E-state index contributed by atoms with van der Waals surface area (Å²) in [6.07, 6.45) is 7.57. The summed E-state index contributed by atoms with van der Waals surface area (Å²) in [5, 5.41) is 0. The van der Waals surface area contributed by atoms with E-state index < -0.39 is 0 Å². The van der Waals surface area contributed by atoms with Crippen LogP contribution in [-0.2, 0) is 27.2 Å². The Hall–Kier alpha value is -1.64. The first kappa shape index (κ1) is 18.2. The Labute approximate surface area is 151 Å². The number of esters is 1. The van der Waals surface area contributed by atoms with Gasteiger partial charge in [0.15, 0.2) is 0 Å². The van der Waals surface area contributed by atoms with Crippen LogP contribution >= 0.6 is 0 Å². The summed E-state index contributed by atoms with van der Waals surface area (Å²) >= 11 is 0. The Morgan fingerprint density at radius 2 is 1.76 bits per heavy atom. The van der Waals surface area contributed by atoms with E-state index in [1.54, 1.807) is 0 Å². The molecule has 0 N–H and O–H groups in total. The van der Waals surface area contributed by atoms with Gasteiger partial charge in [-0.1, -0.05) is 37.5 Å². The topological polar surface area (TPSA) is 43.4 Å². The minimum atomic E-state index is -0.244. The largest absolute Gasteiger partial charge is 0.469 e. The molecule has 1 aromatic rings. The SMILES string of the molecule is CCc1cc(C)cc(C2CC2)c1CC(=O)C1CCCC[C@@H]1C(=O)OC. The van der Waals surface area contributed by atoms with E-state index in [0.717, 1.165) is 32.1 Å². The van der Waals surface area contributed by atoms with Gasteiger partial charge in [0.05, 0.1) is 13.0 Å². The molecule has 25 heavy (non-hydrogen) atoms. The number of ketones is 1. The number of Topliss-reactive ketones (excluding diaryl/α,β-unsaturated/α-hetero) is 1. The van der Waals surface area contributed by atoms with Crippen LogP contribution in [0.4, 0.5) is 0 Å². The van der Waals surface area contributed by atoms with Crippen LogP contribution in [0.5, 0.6) is 0 Å². The lowest BCUT2D eigenvalue weighted by molar-refractivity contribution is -0.151. The Kier molecular flexibility index (Phi) is 5.61. The molecule has 0 saturated heterocycles. The van der Waals surface area contributed by atoms with Crippen LogP contribution in [0, 0.1) is 18.8 Å². The van der Waals surface area contributed by atoms with Gasteiger partial charge in [0.1, 0.15) is 5.78 Å². The third kappa shape index (κ3) is 3.96. The summed E-state index contributed by atoms with van der Waals surface area (Å²) in [6, 6.07) is 4.51. The monoisotopic (exact) mass is 342 g/mol. The second-order valence-corrected chi connectivity index (χ2v) is 7.78. The minimum Gasteiger partial charge on any atom is -0.469 e. The summed E-state index contributed by atoms with van der Waals surface area (Å²) in [5.41, 5.74) is 5.23. The zero-order valence-corrected chi connectivity index (χ0v) is 15.8. The predicted molar refractivity (Wildman–Crippen MR) is 98.7 cm³/mol. The summed E-state index contributed by atoms with van der Waals surface area (Å²) in [5.74, 6) is 0.247. The lowest BCUT2D eigenvalue weighted by atomic mass is 9.75. The second-order valence-electron chi connectivity index (χ2n) is 7.78. The van der Waals surface area contributed by atoms with Crippen molar-refractivity contribution in [2.75, 3.05) is 7.11 Å². The number of carbonyl (C=O) groups excluding carboxylic acids is 2. The first-order valence-electron chi connectivity index (χ1n) is 9.78. The van der Waals surface area contributed by atoms with Crippen LogP contribution in [0.25, 0.3) is 0 Å². The van der Waals surface area contributed by atoms with Gasteiger partial charge in [-0.3, -0.25) is 9.59 Å². The Balaban J connectivity index is 1.86. The molecule has 0 aliphatic heterocycles. The Morgan fingerprint density at radius 1 is 1.08 bits per heavy atom. The summed E-state index contributed by atoms with van der Waals surface area (Å²) < 4.78 is 4.96. The van der Waals surface area contributed by atoms with Crippen molar-refractivity contribution in [2.45, 2.75) is 71.1 Å². The number of methoxy groups -OCH3 is 1. The van der Waals surface area contributed by atoms with Gasteiger partial charge in [0.2, 0.25) is 0 Å². The smallest absolute Gasteiger partial charge is 0.309 e. The molecular formula is C22H30O3. The molecule has 2 fully saturated rings. The van der Waals surface area contributed by atoms with Crippen molar-refractivity contribution in [3.63, 3.8) is 0 Å². The van der Waals surface area contributed by atoms with Crippen molar-refractivity contribution in [1.29, 1.82) is 0 Å². The molecule has 2 aliphatic carbocycles. The molecule has 0 bridgehead atoms. The van der Waals surface area contributed by atoms with E-state index in [2.05, 4.69) is 26.0 Å². The highest BCUT2D eigenvalue weighted by Gasteiger charge is 2.37. The van der Waals surface area contributed by atoms with Crippen molar-refractivity contribution in [1.82, 2.24) is 0 Å². The maximum atomic E-state index is 13.1. The average Bonchev–Trinajstić information content (AvgIpc) is 3.47. The molecule has 2 saturated carbocycles. The van der Waals surface area contributed by atoms with Crippen molar-refractivity contribution in [3.05, 3.63) is 34.4 Å². The zero-order chi connectivity index (χ0) is 18.0. The Bertz CT molecular complexity index is 657. The van der Waals surface area contributed by atoms with Gasteiger partial charge in [-0.25, -0.2) is 0 Å². The highest BCUT2D eigenvalue weighted by molar-refractivity contribution is 5.89. The highest BCUT2D eigenvalue weighted by atomic mass is 16.5. The molecule has 2 atom stereocenters. The van der Waals surface area contributed by atoms with Crippen molar-refractivity contribution < 1.29 is 14.3 Å². The third-order valence-corrected chi connectivity index (χ3v) is 5.95. The van der Waals surface area contributed by atoms with Gasteiger partial charge in [-0.05, 0) is 61.6 Å². The fourth-order valence-corrected chi connectivity index (χ4v) is 4.47. The number of benzene rings is 1. The summed E-state index contributed by atoms with van der Waals surface area (Å²) in [4.78, 5) is 25.3. The molecule has 0 aromatic heterocycles. The van der Waals surface area contributed by atoms with Gasteiger partial charge in [-0.2, -0.15) is 0 Å². The van der Waals surface area contributed by atoms with Gasteiger partial charge >= 0.3 is 5.97 Å². The van der Waals surface area contributed by atoms with Gasteiger partial charge < -0.3 is 4.74 Å². The van der Waals surface area contributed by atoms with Crippen LogP contribution in [0.1, 0.15) is 73.6 Å². The number of aryl methyl sites for hydroxylation is 2. The lowest BCUT2D eigenvalue weighted by Crippen LogP contribution is -2.34. The van der Waals surface area contributed by atoms with Crippen LogP contribution in [-0.4, -0.2) is 18.9 Å². The van der Waals surface area contributed by atoms with E-state index in [1.807, 2.05) is 0 Å². The fourth-order valence-electron chi connectivity index (χ4n) is 4.47. The molecule has 1 aromatic carbocycles. The van der Waals surface area contributed by atoms with Crippen molar-refractivity contribution in [3.8, 4) is 0 Å². The molecule has 3 heteroatoms. The number of hydrogen-bond acceptors (Lipinski definition) is 3. The number of ether oxygens (including phenoxy) is 1. The van der Waals surface area contributed by atoms with Gasteiger partial charge in [-0.15, -0.1) is 0 Å². The van der Waals surface area contributed by atoms with E-state index in [4.69, 9.17) is 4.74 Å². The third-order valence-electron chi connectivity index (χ3n) is 5.95. The van der Waals surface area contributed by atoms with Crippen molar-refractivity contribution >= 4 is 11.8 Å². The van der Waals surface area contributed by atoms with Crippen molar-refractivity contribution in [2.24, 2.45) is 11.8 Å². The average molecular weight is 342 g/mol. The molecule has 0 radical (unpaired) electrons.